The minimum atomic E-state index is -5.61. The van der Waals surface area contributed by atoms with E-state index in [0.29, 0.717) is 0 Å². The molecule has 0 saturated heterocycles. The number of rotatable bonds is 0. The van der Waals surface area contributed by atoms with E-state index in [9.17, 15) is 13.3 Å². The van der Waals surface area contributed by atoms with E-state index < -0.39 is 9.05 Å². The molecular formula is F4O4SiZn4. The fraction of sp³-hybridized carbons (Fsp3) is 0. The van der Waals surface area contributed by atoms with Gasteiger partial charge in [-0.1, -0.05) is 0 Å². The molecule has 4 nitrogen and oxygen atoms in total. The molecule has 13 heteroatoms. The molecule has 0 aromatic rings. The zero-order valence-electron chi connectivity index (χ0n) is 6.47. The van der Waals surface area contributed by atoms with E-state index in [-0.39, 0.29) is 75.2 Å². The van der Waals surface area contributed by atoms with Crippen LogP contribution in [0.4, 0.5) is 13.3 Å². The molecule has 0 bridgehead atoms. The quantitative estimate of drug-likeness (QED) is 0.296. The fourth-order valence-electron chi connectivity index (χ4n) is 0. The second-order valence-corrected chi connectivity index (χ2v) is 1.50. The van der Waals surface area contributed by atoms with E-state index in [1.165, 1.54) is 0 Å². The maximum atomic E-state index is 9.62. The third-order valence-electron chi connectivity index (χ3n) is 0. The average molecular weight is 430 g/mol. The summed E-state index contributed by atoms with van der Waals surface area (Å²) in [7, 11) is -5.61. The SMILES string of the molecule is [F][Zn+].[F][Zn+].[F][Zn+].[F][Zn+].[O-][Si]([O-])([O-])[O-]. The van der Waals surface area contributed by atoms with Gasteiger partial charge in [0.1, 0.15) is 0 Å². The molecule has 0 aliphatic rings. The van der Waals surface area contributed by atoms with Crippen molar-refractivity contribution in [2.24, 2.45) is 0 Å². The first kappa shape index (κ1) is 29.5. The van der Waals surface area contributed by atoms with Crippen molar-refractivity contribution in [3.05, 3.63) is 0 Å². The van der Waals surface area contributed by atoms with Crippen LogP contribution in [0, 0.1) is 0 Å². The van der Waals surface area contributed by atoms with E-state index in [1.54, 1.807) is 0 Å². The zero-order chi connectivity index (χ0) is 12.5. The molecule has 0 unspecified atom stereocenters. The van der Waals surface area contributed by atoms with Gasteiger partial charge >= 0.3 is 88.5 Å². The molecule has 64 valence electrons. The van der Waals surface area contributed by atoms with E-state index in [4.69, 9.17) is 19.2 Å². The van der Waals surface area contributed by atoms with Crippen LogP contribution in [0.3, 0.4) is 0 Å². The Hall–Kier alpha value is 2.27. The van der Waals surface area contributed by atoms with E-state index in [0.717, 1.165) is 0 Å². The van der Waals surface area contributed by atoms with E-state index in [1.807, 2.05) is 0 Å². The second-order valence-electron chi connectivity index (χ2n) is 0.500. The predicted molar refractivity (Wildman–Crippen MR) is 10.2 cm³/mol. The Morgan fingerprint density at radius 3 is 0.538 bits per heavy atom. The molecule has 0 aromatic carbocycles. The Bertz CT molecular complexity index is 39.6. The molecule has 0 saturated carbocycles. The molecule has 0 aliphatic carbocycles. The standard InChI is InChI=1S/4FH.O4Si.4Zn/c;;;;1-5(2,3)4;;;;/h4*1H;;;;;/q;;;;-4;4*+2/p-4. The van der Waals surface area contributed by atoms with Crippen LogP contribution < -0.4 is 19.2 Å². The topological polar surface area (TPSA) is 92.2 Å². The Morgan fingerprint density at radius 1 is 0.538 bits per heavy atom. The van der Waals surface area contributed by atoms with Gasteiger partial charge in [-0.3, -0.25) is 0 Å². The van der Waals surface area contributed by atoms with Crippen molar-refractivity contribution in [1.29, 1.82) is 0 Å². The Labute approximate surface area is 116 Å². The molecular weight excluding hydrogens is 430 g/mol. The van der Waals surface area contributed by atoms with Gasteiger partial charge < -0.3 is 28.2 Å². The summed E-state index contributed by atoms with van der Waals surface area (Å²) in [6.45, 7) is 0. The summed E-state index contributed by atoms with van der Waals surface area (Å²) in [4.78, 5) is 34.3. The largest absolute Gasteiger partial charge is 0.894 e. The molecule has 13 heavy (non-hydrogen) atoms. The van der Waals surface area contributed by atoms with Crippen LogP contribution in [0.25, 0.3) is 0 Å². The molecule has 0 radical (unpaired) electrons. The van der Waals surface area contributed by atoms with E-state index in [2.05, 4.69) is 0 Å². The Morgan fingerprint density at radius 2 is 0.538 bits per heavy atom. The summed E-state index contributed by atoms with van der Waals surface area (Å²) < 4.78 is 38.5. The summed E-state index contributed by atoms with van der Waals surface area (Å²) in [5, 5.41) is 0. The summed E-state index contributed by atoms with van der Waals surface area (Å²) in [5.41, 5.74) is 0. The summed E-state index contributed by atoms with van der Waals surface area (Å²) in [6.07, 6.45) is 0. The van der Waals surface area contributed by atoms with Gasteiger partial charge in [0, 0.05) is 0 Å². The van der Waals surface area contributed by atoms with Crippen molar-refractivity contribution in [1.82, 2.24) is 0 Å². The summed E-state index contributed by atoms with van der Waals surface area (Å²) in [5.74, 6) is 0. The molecule has 0 N–H and O–H groups in total. The molecule has 0 amide bonds. The van der Waals surface area contributed by atoms with Gasteiger partial charge in [0.2, 0.25) is 0 Å². The number of halogens is 4. The average Bonchev–Trinajstić information content (AvgIpc) is 2.14. The van der Waals surface area contributed by atoms with Gasteiger partial charge in [-0.15, -0.1) is 0 Å². The Kier molecular flexibility index (Phi) is 83.3. The van der Waals surface area contributed by atoms with Crippen molar-refractivity contribution in [2.45, 2.75) is 0 Å². The van der Waals surface area contributed by atoms with Crippen LogP contribution in [-0.4, -0.2) is 9.05 Å². The first-order chi connectivity index (χ1) is 6.00. The number of hydrogen-bond acceptors (Lipinski definition) is 4. The first-order valence-electron chi connectivity index (χ1n) is 1.89. The van der Waals surface area contributed by atoms with Gasteiger partial charge in [-0.2, -0.15) is 0 Å². The van der Waals surface area contributed by atoms with E-state index >= 15 is 0 Å². The normalized spacial score (nSPS) is 6.77. The van der Waals surface area contributed by atoms with Gasteiger partial charge in [0.15, 0.2) is 0 Å². The smallest absolute Gasteiger partial charge is 0.426 e. The maximum Gasteiger partial charge on any atom is -0.426 e. The second kappa shape index (κ2) is 36.7. The summed E-state index contributed by atoms with van der Waals surface area (Å²) >= 11 is -0.500. The van der Waals surface area contributed by atoms with Crippen LogP contribution in [-0.2, 0) is 75.2 Å². The molecule has 0 atom stereocenters. The molecule has 0 aromatic heterocycles. The fourth-order valence-corrected chi connectivity index (χ4v) is 0. The summed E-state index contributed by atoms with van der Waals surface area (Å²) in [6, 6.07) is 0. The number of hydrogen-bond donors (Lipinski definition) is 0. The van der Waals surface area contributed by atoms with Crippen LogP contribution in [0.15, 0.2) is 0 Å². The monoisotopic (exact) mass is 424 g/mol. The van der Waals surface area contributed by atoms with Crippen molar-refractivity contribution in [2.75, 3.05) is 0 Å². The minimum absolute atomic E-state index is 0.125. The third-order valence-corrected chi connectivity index (χ3v) is 0. The van der Waals surface area contributed by atoms with Crippen LogP contribution in [0.2, 0.25) is 0 Å². The van der Waals surface area contributed by atoms with Crippen molar-refractivity contribution in [3.8, 4) is 0 Å². The van der Waals surface area contributed by atoms with Crippen molar-refractivity contribution >= 4 is 9.05 Å². The van der Waals surface area contributed by atoms with Gasteiger partial charge in [-0.05, 0) is 0 Å². The molecule has 0 heterocycles. The molecule has 0 aliphatic heterocycles. The molecule has 0 spiro atoms. The predicted octanol–water partition coefficient (Wildman–Crippen LogP) is -3.47. The minimum Gasteiger partial charge on any atom is -0.894 e. The Balaban J connectivity index is -0.0000000230. The van der Waals surface area contributed by atoms with Crippen LogP contribution in [0.1, 0.15) is 0 Å². The van der Waals surface area contributed by atoms with Crippen molar-refractivity contribution in [3.63, 3.8) is 0 Å². The van der Waals surface area contributed by atoms with Gasteiger partial charge in [-0.25, -0.2) is 0 Å². The zero-order valence-corrected chi connectivity index (χ0v) is 19.3. The molecule has 0 rings (SSSR count). The van der Waals surface area contributed by atoms with Gasteiger partial charge in [0.25, 0.3) is 0 Å². The first-order valence-corrected chi connectivity index (χ1v) is 8.00. The van der Waals surface area contributed by atoms with Crippen molar-refractivity contribution < 1.29 is 108 Å². The molecule has 0 fully saturated rings. The maximum absolute atomic E-state index is 9.62. The van der Waals surface area contributed by atoms with Crippen LogP contribution in [0.5, 0.6) is 0 Å². The van der Waals surface area contributed by atoms with Crippen LogP contribution >= 0.6 is 0 Å². The van der Waals surface area contributed by atoms with Gasteiger partial charge in [0.05, 0.1) is 0 Å². The third kappa shape index (κ3) is 417.